The van der Waals surface area contributed by atoms with Gasteiger partial charge in [0.05, 0.1) is 25.4 Å². The van der Waals surface area contributed by atoms with Crippen molar-refractivity contribution in [2.75, 3.05) is 19.1 Å². The summed E-state index contributed by atoms with van der Waals surface area (Å²) in [5, 5.41) is 9.40. The summed E-state index contributed by atoms with van der Waals surface area (Å²) in [5.74, 6) is -0.343. The van der Waals surface area contributed by atoms with Crippen molar-refractivity contribution < 1.29 is 14.3 Å². The van der Waals surface area contributed by atoms with Crippen LogP contribution >= 0.6 is 11.3 Å². The number of methoxy groups -OCH3 is 1. The minimum atomic E-state index is -0.337. The Kier molecular flexibility index (Phi) is 4.42. The molecule has 1 unspecified atom stereocenters. The molecule has 0 aromatic carbocycles. The molecule has 0 radical (unpaired) electrons. The van der Waals surface area contributed by atoms with Crippen LogP contribution in [0.1, 0.15) is 23.4 Å². The van der Waals surface area contributed by atoms with Gasteiger partial charge >= 0.3 is 5.97 Å². The Morgan fingerprint density at radius 1 is 1.52 bits per heavy atom. The maximum atomic E-state index is 12.7. The molecule has 2 aromatic rings. The van der Waals surface area contributed by atoms with E-state index in [4.69, 9.17) is 0 Å². The first-order chi connectivity index (χ1) is 11.1. The van der Waals surface area contributed by atoms with Gasteiger partial charge in [-0.25, -0.2) is 4.98 Å². The highest BCUT2D eigenvalue weighted by Crippen LogP contribution is 2.28. The normalized spacial score (nSPS) is 16.7. The summed E-state index contributed by atoms with van der Waals surface area (Å²) < 4.78 is 4.63. The predicted molar refractivity (Wildman–Crippen MR) is 85.3 cm³/mol. The van der Waals surface area contributed by atoms with E-state index >= 15 is 0 Å². The number of amides is 1. The lowest BCUT2D eigenvalue weighted by Gasteiger charge is -2.24. The molecule has 2 aromatic heterocycles. The van der Waals surface area contributed by atoms with Crippen LogP contribution in [-0.4, -0.2) is 41.2 Å². The molecule has 1 N–H and O–H groups in total. The van der Waals surface area contributed by atoms with Gasteiger partial charge in [-0.15, -0.1) is 11.3 Å². The summed E-state index contributed by atoms with van der Waals surface area (Å²) >= 11 is 1.36. The standard InChI is InChI=1S/C15H18N4O3S/c1-19(15-17-11(8-23-15)6-13(20)22-2)14(21)9-3-4-12-10(5-9)7-16-18-12/h7-9H,3-6H2,1-2H3,(H,16,18). The van der Waals surface area contributed by atoms with Crippen molar-refractivity contribution >= 4 is 28.3 Å². The van der Waals surface area contributed by atoms with E-state index in [0.717, 1.165) is 24.1 Å². The number of thiazole rings is 1. The lowest BCUT2D eigenvalue weighted by atomic mass is 9.87. The number of aryl methyl sites for hydroxylation is 1. The third-order valence-corrected chi connectivity index (χ3v) is 5.04. The minimum Gasteiger partial charge on any atom is -0.469 e. The van der Waals surface area contributed by atoms with E-state index < -0.39 is 0 Å². The number of hydrogen-bond acceptors (Lipinski definition) is 6. The van der Waals surface area contributed by atoms with E-state index in [2.05, 4.69) is 19.9 Å². The van der Waals surface area contributed by atoms with Crippen LogP contribution in [0.2, 0.25) is 0 Å². The van der Waals surface area contributed by atoms with Crippen LogP contribution in [0, 0.1) is 5.92 Å². The molecule has 2 heterocycles. The number of nitrogens with zero attached hydrogens (tertiary/aromatic N) is 3. The summed E-state index contributed by atoms with van der Waals surface area (Å²) in [6.45, 7) is 0. The molecule has 0 saturated carbocycles. The SMILES string of the molecule is COC(=O)Cc1csc(N(C)C(=O)C2CCc3[nH]ncc3C2)n1. The predicted octanol–water partition coefficient (Wildman–Crippen LogP) is 1.35. The van der Waals surface area contributed by atoms with E-state index in [1.807, 2.05) is 0 Å². The number of ether oxygens (including phenoxy) is 1. The van der Waals surface area contributed by atoms with Crippen LogP contribution in [-0.2, 0) is 33.6 Å². The van der Waals surface area contributed by atoms with Crippen LogP contribution in [0.15, 0.2) is 11.6 Å². The highest BCUT2D eigenvalue weighted by atomic mass is 32.1. The number of esters is 1. The quantitative estimate of drug-likeness (QED) is 0.853. The van der Waals surface area contributed by atoms with E-state index in [0.29, 0.717) is 17.2 Å². The van der Waals surface area contributed by atoms with Crippen LogP contribution in [0.5, 0.6) is 0 Å². The van der Waals surface area contributed by atoms with Gasteiger partial charge < -0.3 is 4.74 Å². The number of carbonyl (C=O) groups excluding carboxylic acids is 2. The van der Waals surface area contributed by atoms with Crippen LogP contribution in [0.25, 0.3) is 0 Å². The Morgan fingerprint density at radius 3 is 3.13 bits per heavy atom. The number of fused-ring (bicyclic) bond motifs is 1. The number of nitrogens with one attached hydrogen (secondary N) is 1. The first-order valence-electron chi connectivity index (χ1n) is 7.38. The molecule has 0 bridgehead atoms. The molecule has 23 heavy (non-hydrogen) atoms. The zero-order chi connectivity index (χ0) is 16.4. The summed E-state index contributed by atoms with van der Waals surface area (Å²) in [4.78, 5) is 29.9. The van der Waals surface area contributed by atoms with Gasteiger partial charge in [-0.05, 0) is 24.8 Å². The zero-order valence-electron chi connectivity index (χ0n) is 13.0. The molecule has 1 aliphatic carbocycles. The number of aromatic amines is 1. The molecule has 0 fully saturated rings. The van der Waals surface area contributed by atoms with Gasteiger partial charge in [-0.3, -0.25) is 19.6 Å². The van der Waals surface area contributed by atoms with E-state index in [-0.39, 0.29) is 24.2 Å². The third kappa shape index (κ3) is 3.26. The molecule has 0 aliphatic heterocycles. The fourth-order valence-electron chi connectivity index (χ4n) is 2.75. The molecular weight excluding hydrogens is 316 g/mol. The summed E-state index contributed by atoms with van der Waals surface area (Å²) in [6, 6.07) is 0. The molecule has 8 heteroatoms. The number of H-pyrrole nitrogens is 1. The molecule has 1 aliphatic rings. The summed E-state index contributed by atoms with van der Waals surface area (Å²) in [7, 11) is 3.08. The van der Waals surface area contributed by atoms with Crippen LogP contribution < -0.4 is 4.90 Å². The fourth-order valence-corrected chi connectivity index (χ4v) is 3.54. The highest BCUT2D eigenvalue weighted by molar-refractivity contribution is 7.14. The monoisotopic (exact) mass is 334 g/mol. The molecule has 7 nitrogen and oxygen atoms in total. The molecule has 1 amide bonds. The second-order valence-corrected chi connectivity index (χ2v) is 6.42. The Balaban J connectivity index is 1.67. The molecule has 0 saturated heterocycles. The fraction of sp³-hybridized carbons (Fsp3) is 0.467. The molecule has 3 rings (SSSR count). The van der Waals surface area contributed by atoms with Crippen LogP contribution in [0.3, 0.4) is 0 Å². The van der Waals surface area contributed by atoms with Crippen molar-refractivity contribution in [1.29, 1.82) is 0 Å². The Morgan fingerprint density at radius 2 is 2.35 bits per heavy atom. The van der Waals surface area contributed by atoms with Gasteiger partial charge in [0.2, 0.25) is 5.91 Å². The Bertz CT molecular complexity index is 724. The van der Waals surface area contributed by atoms with Gasteiger partial charge in [-0.2, -0.15) is 5.10 Å². The summed E-state index contributed by atoms with van der Waals surface area (Å²) in [6.07, 6.45) is 4.27. The molecule has 1 atom stereocenters. The van der Waals surface area contributed by atoms with E-state index in [9.17, 15) is 9.59 Å². The van der Waals surface area contributed by atoms with Crippen molar-refractivity contribution in [3.05, 3.63) is 28.5 Å². The topological polar surface area (TPSA) is 88.2 Å². The second kappa shape index (κ2) is 6.49. The maximum absolute atomic E-state index is 12.7. The summed E-state index contributed by atoms with van der Waals surface area (Å²) in [5.41, 5.74) is 2.87. The highest BCUT2D eigenvalue weighted by Gasteiger charge is 2.29. The number of carbonyl (C=O) groups is 2. The van der Waals surface area contributed by atoms with Crippen molar-refractivity contribution in [1.82, 2.24) is 15.2 Å². The first kappa shape index (κ1) is 15.7. The van der Waals surface area contributed by atoms with Crippen LogP contribution in [0.4, 0.5) is 5.13 Å². The van der Waals surface area contributed by atoms with Crippen molar-refractivity contribution in [2.24, 2.45) is 5.92 Å². The van der Waals surface area contributed by atoms with Crippen molar-refractivity contribution in [3.63, 3.8) is 0 Å². The first-order valence-corrected chi connectivity index (χ1v) is 8.26. The maximum Gasteiger partial charge on any atom is 0.311 e. The zero-order valence-corrected chi connectivity index (χ0v) is 13.9. The van der Waals surface area contributed by atoms with Gasteiger partial charge in [-0.1, -0.05) is 0 Å². The smallest absolute Gasteiger partial charge is 0.311 e. The minimum absolute atomic E-state index is 0.0517. The van der Waals surface area contributed by atoms with Gasteiger partial charge in [0.1, 0.15) is 0 Å². The lowest BCUT2D eigenvalue weighted by Crippen LogP contribution is -2.35. The molecule has 0 spiro atoms. The molecule has 122 valence electrons. The molecular formula is C15H18N4O3S. The average Bonchev–Trinajstić information content (AvgIpc) is 3.21. The van der Waals surface area contributed by atoms with Crippen molar-refractivity contribution in [3.8, 4) is 0 Å². The number of hydrogen-bond donors (Lipinski definition) is 1. The second-order valence-electron chi connectivity index (χ2n) is 5.59. The lowest BCUT2D eigenvalue weighted by molar-refractivity contribution is -0.139. The van der Waals surface area contributed by atoms with E-state index in [1.54, 1.807) is 23.5 Å². The Hall–Kier alpha value is -2.22. The van der Waals surface area contributed by atoms with Crippen molar-refractivity contribution in [2.45, 2.75) is 25.7 Å². The average molecular weight is 334 g/mol. The van der Waals surface area contributed by atoms with E-state index in [1.165, 1.54) is 18.4 Å². The number of anilines is 1. The third-order valence-electron chi connectivity index (χ3n) is 4.08. The van der Waals surface area contributed by atoms with Gasteiger partial charge in [0.15, 0.2) is 5.13 Å². The number of aromatic nitrogens is 3. The largest absolute Gasteiger partial charge is 0.469 e. The Labute approximate surface area is 137 Å². The van der Waals surface area contributed by atoms with Gasteiger partial charge in [0, 0.05) is 24.0 Å². The number of rotatable bonds is 4. The van der Waals surface area contributed by atoms with Gasteiger partial charge in [0.25, 0.3) is 0 Å².